The molecule has 122 valence electrons. The van der Waals surface area contributed by atoms with Crippen LogP contribution in [-0.2, 0) is 0 Å². The Morgan fingerprint density at radius 1 is 1.04 bits per heavy atom. The minimum Gasteiger partial charge on any atom is -0.256 e. The van der Waals surface area contributed by atoms with Crippen LogP contribution in [0, 0.1) is 0 Å². The lowest BCUT2D eigenvalue weighted by Gasteiger charge is -2.10. The molecule has 1 atom stereocenters. The van der Waals surface area contributed by atoms with Gasteiger partial charge in [-0.05, 0) is 35.9 Å². The number of benzene rings is 1. The second kappa shape index (κ2) is 6.93. The van der Waals surface area contributed by atoms with Crippen LogP contribution in [0.4, 0.5) is 0 Å². The fraction of sp³-hybridized carbons (Fsp3) is 0.222. The maximum absolute atomic E-state index is 5.98. The number of aromatic nitrogens is 5. The molecule has 0 bridgehead atoms. The van der Waals surface area contributed by atoms with Gasteiger partial charge in [-0.1, -0.05) is 44.5 Å². The molecule has 0 aliphatic heterocycles. The summed E-state index contributed by atoms with van der Waals surface area (Å²) >= 11 is 5.98. The Morgan fingerprint density at radius 3 is 2.71 bits per heavy atom. The van der Waals surface area contributed by atoms with E-state index in [1.54, 1.807) is 16.8 Å². The number of rotatable bonds is 2. The van der Waals surface area contributed by atoms with E-state index in [0.717, 1.165) is 22.3 Å². The monoisotopic (exact) mass is 339 g/mol. The van der Waals surface area contributed by atoms with Gasteiger partial charge in [0.1, 0.15) is 5.15 Å². The van der Waals surface area contributed by atoms with Gasteiger partial charge in [-0.2, -0.15) is 9.61 Å². The van der Waals surface area contributed by atoms with Crippen molar-refractivity contribution in [2.75, 3.05) is 0 Å². The van der Waals surface area contributed by atoms with Crippen LogP contribution in [0.2, 0.25) is 5.15 Å². The Labute approximate surface area is 145 Å². The minimum absolute atomic E-state index is 0.0468. The first kappa shape index (κ1) is 16.3. The molecule has 3 heterocycles. The van der Waals surface area contributed by atoms with E-state index in [1.165, 1.54) is 0 Å². The molecule has 24 heavy (non-hydrogen) atoms. The van der Waals surface area contributed by atoms with Gasteiger partial charge < -0.3 is 0 Å². The van der Waals surface area contributed by atoms with Crippen molar-refractivity contribution in [3.63, 3.8) is 0 Å². The Bertz CT molecular complexity index is 979. The van der Waals surface area contributed by atoms with E-state index >= 15 is 0 Å². The van der Waals surface area contributed by atoms with Gasteiger partial charge in [0.2, 0.25) is 0 Å². The first-order valence-electron chi connectivity index (χ1n) is 7.95. The van der Waals surface area contributed by atoms with Gasteiger partial charge in [-0.15, -0.1) is 10.2 Å². The van der Waals surface area contributed by atoms with Crippen LogP contribution in [0.1, 0.15) is 38.1 Å². The zero-order chi connectivity index (χ0) is 17.1. The summed E-state index contributed by atoms with van der Waals surface area (Å²) in [4.78, 5) is 4.34. The molecule has 4 aromatic rings. The summed E-state index contributed by atoms with van der Waals surface area (Å²) in [5.41, 5.74) is 2.80. The smallest absolute Gasteiger partial charge is 0.178 e. The molecule has 0 aliphatic rings. The highest BCUT2D eigenvalue weighted by atomic mass is 35.5. The number of hydrogen-bond acceptors (Lipinski definition) is 4. The van der Waals surface area contributed by atoms with Crippen molar-refractivity contribution in [3.8, 4) is 0 Å². The molecular weight excluding hydrogens is 322 g/mol. The maximum atomic E-state index is 5.98. The van der Waals surface area contributed by atoms with E-state index in [-0.39, 0.29) is 5.92 Å². The van der Waals surface area contributed by atoms with E-state index in [4.69, 9.17) is 11.6 Å². The fourth-order valence-electron chi connectivity index (χ4n) is 2.57. The molecule has 5 nitrogen and oxygen atoms in total. The van der Waals surface area contributed by atoms with Crippen LogP contribution in [0.25, 0.3) is 16.6 Å². The van der Waals surface area contributed by atoms with Crippen molar-refractivity contribution >= 4 is 28.2 Å². The van der Waals surface area contributed by atoms with E-state index in [9.17, 15) is 0 Å². The van der Waals surface area contributed by atoms with Gasteiger partial charge in [-0.3, -0.25) is 4.98 Å². The lowest BCUT2D eigenvalue weighted by Crippen LogP contribution is -2.05. The number of nitrogens with zero attached hydrogens (tertiary/aromatic N) is 5. The molecule has 1 unspecified atom stereocenters. The Balaban J connectivity index is 0.000000815. The van der Waals surface area contributed by atoms with E-state index < -0.39 is 0 Å². The van der Waals surface area contributed by atoms with E-state index in [2.05, 4.69) is 45.4 Å². The highest BCUT2D eigenvalue weighted by molar-refractivity contribution is 6.29. The van der Waals surface area contributed by atoms with Crippen LogP contribution in [0.15, 0.2) is 48.7 Å². The van der Waals surface area contributed by atoms with Gasteiger partial charge in [0, 0.05) is 17.5 Å². The maximum Gasteiger partial charge on any atom is 0.178 e. The standard InChI is InChI=1S/C16H12ClN5.C2H6/c1-10(11-4-5-13-12(9-11)3-2-8-18-13)16-20-19-15-7-6-14(17)21-22(15)16;1-2/h2-10H,1H3;1-2H3. The fourth-order valence-corrected chi connectivity index (χ4v) is 2.70. The predicted molar refractivity (Wildman–Crippen MR) is 96.4 cm³/mol. The summed E-state index contributed by atoms with van der Waals surface area (Å²) in [6.45, 7) is 6.08. The van der Waals surface area contributed by atoms with Crippen LogP contribution in [-0.4, -0.2) is 24.8 Å². The molecule has 0 fully saturated rings. The van der Waals surface area contributed by atoms with E-state index in [0.29, 0.717) is 10.8 Å². The molecule has 6 heteroatoms. The normalized spacial score (nSPS) is 12.0. The third-order valence-electron chi connectivity index (χ3n) is 3.77. The van der Waals surface area contributed by atoms with Gasteiger partial charge >= 0.3 is 0 Å². The van der Waals surface area contributed by atoms with Crippen molar-refractivity contribution in [2.24, 2.45) is 0 Å². The second-order valence-electron chi connectivity index (χ2n) is 5.16. The Morgan fingerprint density at radius 2 is 1.88 bits per heavy atom. The zero-order valence-corrected chi connectivity index (χ0v) is 14.6. The molecule has 0 N–H and O–H groups in total. The number of hydrogen-bond donors (Lipinski definition) is 0. The zero-order valence-electron chi connectivity index (χ0n) is 13.8. The molecule has 0 aliphatic carbocycles. The van der Waals surface area contributed by atoms with Crippen molar-refractivity contribution < 1.29 is 0 Å². The molecule has 4 rings (SSSR count). The van der Waals surface area contributed by atoms with Crippen molar-refractivity contribution in [1.29, 1.82) is 0 Å². The van der Waals surface area contributed by atoms with Crippen LogP contribution < -0.4 is 0 Å². The molecule has 0 saturated carbocycles. The molecular formula is C18H18ClN5. The first-order valence-corrected chi connectivity index (χ1v) is 8.33. The largest absolute Gasteiger partial charge is 0.256 e. The quantitative estimate of drug-likeness (QED) is 0.539. The summed E-state index contributed by atoms with van der Waals surface area (Å²) in [7, 11) is 0. The summed E-state index contributed by atoms with van der Waals surface area (Å²) in [6.07, 6.45) is 1.80. The summed E-state index contributed by atoms with van der Waals surface area (Å²) in [5, 5.41) is 14.2. The van der Waals surface area contributed by atoms with Gasteiger partial charge in [0.25, 0.3) is 0 Å². The topological polar surface area (TPSA) is 56.0 Å². The van der Waals surface area contributed by atoms with Gasteiger partial charge in [0.05, 0.1) is 5.52 Å². The highest BCUT2D eigenvalue weighted by Crippen LogP contribution is 2.25. The van der Waals surface area contributed by atoms with Crippen LogP contribution in [0.3, 0.4) is 0 Å². The Kier molecular flexibility index (Phi) is 4.71. The van der Waals surface area contributed by atoms with Crippen LogP contribution >= 0.6 is 11.6 Å². The van der Waals surface area contributed by atoms with Crippen molar-refractivity contribution in [3.05, 3.63) is 65.2 Å². The predicted octanol–water partition coefficient (Wildman–Crippen LogP) is 4.50. The van der Waals surface area contributed by atoms with E-state index in [1.807, 2.05) is 32.0 Å². The average Bonchev–Trinajstić information content (AvgIpc) is 3.05. The third kappa shape index (κ3) is 2.95. The van der Waals surface area contributed by atoms with Crippen LogP contribution in [0.5, 0.6) is 0 Å². The lowest BCUT2D eigenvalue weighted by molar-refractivity contribution is 0.751. The first-order chi connectivity index (χ1) is 11.7. The lowest BCUT2D eigenvalue weighted by atomic mass is 9.98. The molecule has 0 amide bonds. The third-order valence-corrected chi connectivity index (χ3v) is 3.97. The van der Waals surface area contributed by atoms with Crippen molar-refractivity contribution in [2.45, 2.75) is 26.7 Å². The molecule has 0 saturated heterocycles. The summed E-state index contributed by atoms with van der Waals surface area (Å²) in [6, 6.07) is 13.7. The highest BCUT2D eigenvalue weighted by Gasteiger charge is 2.17. The number of fused-ring (bicyclic) bond motifs is 2. The van der Waals surface area contributed by atoms with Gasteiger partial charge in [0.15, 0.2) is 11.5 Å². The number of halogens is 1. The van der Waals surface area contributed by atoms with Crippen molar-refractivity contribution in [1.82, 2.24) is 24.8 Å². The summed E-state index contributed by atoms with van der Waals surface area (Å²) < 4.78 is 1.69. The average molecular weight is 340 g/mol. The molecule has 0 spiro atoms. The minimum atomic E-state index is 0.0468. The second-order valence-corrected chi connectivity index (χ2v) is 5.55. The molecule has 3 aromatic heterocycles. The van der Waals surface area contributed by atoms with Gasteiger partial charge in [-0.25, -0.2) is 0 Å². The SMILES string of the molecule is CC.CC(c1ccc2ncccc2c1)c1nnc2ccc(Cl)nn12. The summed E-state index contributed by atoms with van der Waals surface area (Å²) in [5.74, 6) is 0.811. The Hall–Kier alpha value is -2.53. The molecule has 1 aromatic carbocycles. The number of pyridine rings is 1. The molecule has 0 radical (unpaired) electrons.